The van der Waals surface area contributed by atoms with Gasteiger partial charge in [0.05, 0.1) is 25.0 Å². The van der Waals surface area contributed by atoms with Gasteiger partial charge in [0.25, 0.3) is 0 Å². The van der Waals surface area contributed by atoms with Crippen LogP contribution in [0.2, 0.25) is 0 Å². The topological polar surface area (TPSA) is 73.9 Å². The zero-order valence-electron chi connectivity index (χ0n) is 20.8. The van der Waals surface area contributed by atoms with Crippen molar-refractivity contribution in [3.05, 3.63) is 110 Å². The van der Waals surface area contributed by atoms with E-state index in [1.807, 2.05) is 73.7 Å². The van der Waals surface area contributed by atoms with Gasteiger partial charge in [-0.25, -0.2) is 4.79 Å². The van der Waals surface area contributed by atoms with Gasteiger partial charge in [-0.15, -0.1) is 0 Å². The van der Waals surface area contributed by atoms with E-state index in [0.29, 0.717) is 40.5 Å². The van der Waals surface area contributed by atoms with E-state index in [1.165, 1.54) is 0 Å². The van der Waals surface area contributed by atoms with Crippen LogP contribution in [0.15, 0.2) is 88.0 Å². The first-order valence-electron chi connectivity index (χ1n) is 12.0. The second-order valence-electron chi connectivity index (χ2n) is 8.81. The smallest absolute Gasteiger partial charge is 0.336 e. The van der Waals surface area contributed by atoms with Gasteiger partial charge in [0.1, 0.15) is 6.61 Å². The summed E-state index contributed by atoms with van der Waals surface area (Å²) in [4.78, 5) is 26.8. The summed E-state index contributed by atoms with van der Waals surface area (Å²) in [5, 5.41) is 3.31. The van der Waals surface area contributed by atoms with Crippen molar-refractivity contribution in [3.8, 4) is 11.5 Å². The second kappa shape index (κ2) is 10.3. The molecule has 1 atom stereocenters. The summed E-state index contributed by atoms with van der Waals surface area (Å²) in [5.41, 5.74) is 5.52. The molecule has 0 amide bonds. The van der Waals surface area contributed by atoms with Gasteiger partial charge in [0.2, 0.25) is 0 Å². The van der Waals surface area contributed by atoms with E-state index in [-0.39, 0.29) is 12.4 Å². The van der Waals surface area contributed by atoms with Crippen molar-refractivity contribution in [1.82, 2.24) is 5.32 Å². The number of fused-ring (bicyclic) bond motifs is 2. The number of esters is 1. The van der Waals surface area contributed by atoms with E-state index in [9.17, 15) is 9.59 Å². The molecule has 0 unspecified atom stereocenters. The Bertz CT molecular complexity index is 1460. The number of Topliss-reactive ketones (excluding diaryl/α,β-unsaturated/α-hetero) is 1. The Morgan fingerprint density at radius 1 is 1.00 bits per heavy atom. The Kier molecular flexibility index (Phi) is 6.89. The number of benzene rings is 3. The van der Waals surface area contributed by atoms with Crippen LogP contribution in [0.5, 0.6) is 11.5 Å². The molecule has 188 valence electrons. The minimum absolute atomic E-state index is 0.105. The highest BCUT2D eigenvalue weighted by Gasteiger charge is 2.43. The largest absolute Gasteiger partial charge is 0.493 e. The van der Waals surface area contributed by atoms with Crippen LogP contribution in [0.3, 0.4) is 0 Å². The van der Waals surface area contributed by atoms with Crippen LogP contribution in [0.4, 0.5) is 0 Å². The highest BCUT2D eigenvalue weighted by Crippen LogP contribution is 2.48. The molecule has 7 heteroatoms. The van der Waals surface area contributed by atoms with Gasteiger partial charge < -0.3 is 19.5 Å². The molecule has 0 saturated heterocycles. The minimum atomic E-state index is -0.621. The lowest BCUT2D eigenvalue weighted by molar-refractivity contribution is -0.138. The highest BCUT2D eigenvalue weighted by atomic mass is 79.9. The molecule has 5 rings (SSSR count). The fraction of sp³-hybridized carbons (Fsp3) is 0.200. The molecule has 0 bridgehead atoms. The number of allylic oxidation sites excluding steroid dienone is 2. The number of ether oxygens (including phenoxy) is 3. The van der Waals surface area contributed by atoms with Crippen molar-refractivity contribution in [3.63, 3.8) is 0 Å². The SMILES string of the molecule is CCOC(=O)C1=C(C)NC2=C(C(=O)c3ccccc32)[C@H]1c1ccc(OCc2ccc(Br)cc2)c(OC)c1. The number of halogens is 1. The van der Waals surface area contributed by atoms with Crippen LogP contribution >= 0.6 is 15.9 Å². The number of carbonyl (C=O) groups is 2. The lowest BCUT2D eigenvalue weighted by Gasteiger charge is -2.29. The number of ketones is 1. The molecule has 1 aliphatic heterocycles. The predicted molar refractivity (Wildman–Crippen MR) is 144 cm³/mol. The molecule has 1 heterocycles. The fourth-order valence-electron chi connectivity index (χ4n) is 4.87. The first-order chi connectivity index (χ1) is 17.9. The summed E-state index contributed by atoms with van der Waals surface area (Å²) in [5.74, 6) is -0.102. The quantitative estimate of drug-likeness (QED) is 0.349. The number of methoxy groups -OCH3 is 1. The zero-order valence-corrected chi connectivity index (χ0v) is 22.3. The van der Waals surface area contributed by atoms with Gasteiger partial charge in [-0.3, -0.25) is 4.79 Å². The number of dihydropyridines is 1. The van der Waals surface area contributed by atoms with Crippen molar-refractivity contribution < 1.29 is 23.8 Å². The van der Waals surface area contributed by atoms with Crippen LogP contribution < -0.4 is 14.8 Å². The molecule has 3 aromatic rings. The molecule has 0 spiro atoms. The van der Waals surface area contributed by atoms with Crippen molar-refractivity contribution in [2.45, 2.75) is 26.4 Å². The van der Waals surface area contributed by atoms with E-state index < -0.39 is 11.9 Å². The zero-order chi connectivity index (χ0) is 26.1. The average molecular weight is 560 g/mol. The van der Waals surface area contributed by atoms with Gasteiger partial charge in [0, 0.05) is 32.8 Å². The van der Waals surface area contributed by atoms with E-state index >= 15 is 0 Å². The molecule has 1 N–H and O–H groups in total. The van der Waals surface area contributed by atoms with Crippen molar-refractivity contribution in [2.24, 2.45) is 0 Å². The molecule has 1 aliphatic carbocycles. The maximum atomic E-state index is 13.6. The van der Waals surface area contributed by atoms with Crippen LogP contribution in [0.25, 0.3) is 5.70 Å². The summed E-state index contributed by atoms with van der Waals surface area (Å²) < 4.78 is 18.1. The Balaban J connectivity index is 1.56. The Morgan fingerprint density at radius 3 is 2.43 bits per heavy atom. The standard InChI is InChI=1S/C30H26BrNO5/c1-4-36-30(34)25-17(2)32-28-21-7-5-6-8-22(21)29(33)27(28)26(25)19-11-14-23(24(15-19)35-3)37-16-18-9-12-20(31)13-10-18/h5-15,26,32H,4,16H2,1-3H3/t26-/m0/s1. The van der Waals surface area contributed by atoms with Gasteiger partial charge in [-0.2, -0.15) is 0 Å². The molecule has 2 aliphatic rings. The molecule has 37 heavy (non-hydrogen) atoms. The second-order valence-corrected chi connectivity index (χ2v) is 9.72. The summed E-state index contributed by atoms with van der Waals surface area (Å²) in [6.45, 7) is 4.20. The van der Waals surface area contributed by atoms with Crippen LogP contribution in [-0.4, -0.2) is 25.5 Å². The van der Waals surface area contributed by atoms with Gasteiger partial charge >= 0.3 is 5.97 Å². The number of carbonyl (C=O) groups excluding carboxylic acids is 2. The number of rotatable bonds is 7. The van der Waals surface area contributed by atoms with E-state index in [0.717, 1.165) is 26.9 Å². The molecule has 3 aromatic carbocycles. The predicted octanol–water partition coefficient (Wildman–Crippen LogP) is 6.17. The first-order valence-corrected chi connectivity index (χ1v) is 12.8. The normalized spacial score (nSPS) is 16.2. The molecule has 0 saturated carbocycles. The lowest BCUT2D eigenvalue weighted by atomic mass is 9.79. The van der Waals surface area contributed by atoms with Crippen molar-refractivity contribution >= 4 is 33.4 Å². The van der Waals surface area contributed by atoms with Gasteiger partial charge in [-0.1, -0.05) is 58.4 Å². The third-order valence-corrected chi connectivity index (χ3v) is 7.10. The third-order valence-electron chi connectivity index (χ3n) is 6.57. The molecule has 0 radical (unpaired) electrons. The summed E-state index contributed by atoms with van der Waals surface area (Å²) in [6.07, 6.45) is 0. The van der Waals surface area contributed by atoms with Crippen LogP contribution in [0, 0.1) is 0 Å². The Morgan fingerprint density at radius 2 is 1.73 bits per heavy atom. The lowest BCUT2D eigenvalue weighted by Crippen LogP contribution is -2.29. The van der Waals surface area contributed by atoms with Crippen LogP contribution in [-0.2, 0) is 16.1 Å². The molecule has 6 nitrogen and oxygen atoms in total. The maximum absolute atomic E-state index is 13.6. The Hall–Kier alpha value is -3.84. The summed E-state index contributed by atoms with van der Waals surface area (Å²) in [6, 6.07) is 20.9. The minimum Gasteiger partial charge on any atom is -0.493 e. The maximum Gasteiger partial charge on any atom is 0.336 e. The summed E-state index contributed by atoms with van der Waals surface area (Å²) in [7, 11) is 1.57. The monoisotopic (exact) mass is 559 g/mol. The van der Waals surface area contributed by atoms with E-state index in [2.05, 4.69) is 21.2 Å². The third kappa shape index (κ3) is 4.55. The fourth-order valence-corrected chi connectivity index (χ4v) is 5.13. The van der Waals surface area contributed by atoms with Gasteiger partial charge in [-0.05, 0) is 49.2 Å². The van der Waals surface area contributed by atoms with E-state index in [4.69, 9.17) is 14.2 Å². The molecule has 0 aromatic heterocycles. The number of hydrogen-bond donors (Lipinski definition) is 1. The molecular formula is C30H26BrNO5. The van der Waals surface area contributed by atoms with Gasteiger partial charge in [0.15, 0.2) is 17.3 Å². The van der Waals surface area contributed by atoms with E-state index in [1.54, 1.807) is 14.0 Å². The Labute approximate surface area is 224 Å². The number of hydrogen-bond acceptors (Lipinski definition) is 6. The molecule has 0 fully saturated rings. The van der Waals surface area contributed by atoms with Crippen molar-refractivity contribution in [2.75, 3.05) is 13.7 Å². The average Bonchev–Trinajstić information content (AvgIpc) is 3.19. The summed E-state index contributed by atoms with van der Waals surface area (Å²) >= 11 is 3.44. The highest BCUT2D eigenvalue weighted by molar-refractivity contribution is 9.10. The first kappa shape index (κ1) is 24.8. The molecular weight excluding hydrogens is 534 g/mol. The van der Waals surface area contributed by atoms with Crippen LogP contribution in [0.1, 0.15) is 46.8 Å². The van der Waals surface area contributed by atoms with Crippen molar-refractivity contribution in [1.29, 1.82) is 0 Å². The number of nitrogens with one attached hydrogen (secondary N) is 1.